The highest BCUT2D eigenvalue weighted by Crippen LogP contribution is 2.47. The fourth-order valence-electron chi connectivity index (χ4n) is 5.62. The molecule has 0 amide bonds. The van der Waals surface area contributed by atoms with E-state index >= 15 is 0 Å². The number of methoxy groups -OCH3 is 2. The van der Waals surface area contributed by atoms with Gasteiger partial charge in [0.1, 0.15) is 35.0 Å². The van der Waals surface area contributed by atoms with Crippen molar-refractivity contribution < 1.29 is 33.9 Å². The molecule has 37 heavy (non-hydrogen) atoms. The van der Waals surface area contributed by atoms with Gasteiger partial charge in [0.15, 0.2) is 0 Å². The second-order valence-electron chi connectivity index (χ2n) is 9.86. The van der Waals surface area contributed by atoms with Crippen LogP contribution in [0.4, 0.5) is 0 Å². The van der Waals surface area contributed by atoms with E-state index in [9.17, 15) is 20.1 Å². The van der Waals surface area contributed by atoms with Crippen molar-refractivity contribution in [1.29, 1.82) is 0 Å². The molecule has 1 fully saturated rings. The molecule has 5 rings (SSSR count). The summed E-state index contributed by atoms with van der Waals surface area (Å²) >= 11 is 0. The minimum atomic E-state index is -1.13. The predicted octanol–water partition coefficient (Wildman–Crippen LogP) is 3.24. The zero-order valence-corrected chi connectivity index (χ0v) is 21.6. The summed E-state index contributed by atoms with van der Waals surface area (Å²) in [6, 6.07) is 7.79. The number of phenolic OH excluding ortho intramolecular Hbond substituents is 1. The number of aliphatic hydroxyl groups excluding tert-OH is 2. The number of aliphatic hydroxyl groups is 2. The Balaban J connectivity index is 1.94. The van der Waals surface area contributed by atoms with Crippen LogP contribution in [-0.4, -0.2) is 72.9 Å². The minimum Gasteiger partial charge on any atom is -0.507 e. The average Bonchev–Trinajstić information content (AvgIpc) is 2.86. The Hall–Kier alpha value is -3.37. The third kappa shape index (κ3) is 3.81. The first kappa shape index (κ1) is 25.3. The maximum absolute atomic E-state index is 13.2. The first-order valence-corrected chi connectivity index (χ1v) is 12.0. The molecule has 0 spiro atoms. The van der Waals surface area contributed by atoms with Crippen LogP contribution in [0.1, 0.15) is 24.2 Å². The molecule has 0 unspecified atom stereocenters. The van der Waals surface area contributed by atoms with E-state index in [0.29, 0.717) is 44.0 Å². The van der Waals surface area contributed by atoms with E-state index in [1.165, 1.54) is 20.3 Å². The second kappa shape index (κ2) is 9.18. The van der Waals surface area contributed by atoms with E-state index in [-0.39, 0.29) is 11.3 Å². The average molecular weight is 510 g/mol. The third-order valence-electron chi connectivity index (χ3n) is 7.33. The molecule has 196 valence electrons. The molecule has 5 atom stereocenters. The summed E-state index contributed by atoms with van der Waals surface area (Å²) in [5, 5.41) is 35.2. The van der Waals surface area contributed by atoms with Gasteiger partial charge in [0.2, 0.25) is 0 Å². The molecule has 0 aliphatic carbocycles. The third-order valence-corrected chi connectivity index (χ3v) is 7.33. The fourth-order valence-corrected chi connectivity index (χ4v) is 5.62. The van der Waals surface area contributed by atoms with Crippen molar-refractivity contribution in [2.75, 3.05) is 28.3 Å². The number of hydrogen-bond acceptors (Lipinski definition) is 9. The molecule has 3 N–H and O–H groups in total. The lowest BCUT2D eigenvalue weighted by Gasteiger charge is -2.45. The van der Waals surface area contributed by atoms with Crippen LogP contribution in [0.15, 0.2) is 39.5 Å². The molecule has 2 heterocycles. The standard InChI is InChI=1S/C28H31NO8/c1-12-9-16-20(18(10-12)34-5)15-11-19(35-6)22-17(30)8-7-14(21(22)26(15)37-28(16)33)27-25(32)23(29(3)4)24(31)13(2)36-27/h7-11,13,23-25,27,30-32H,1-6H3/t13-,23-,24-,25+,27-/m0/s1. The zero-order valence-electron chi connectivity index (χ0n) is 21.6. The predicted molar refractivity (Wildman–Crippen MR) is 140 cm³/mol. The number of aryl methyl sites for hydroxylation is 1. The fraction of sp³-hybridized carbons (Fsp3) is 0.393. The van der Waals surface area contributed by atoms with Gasteiger partial charge in [-0.1, -0.05) is 6.07 Å². The maximum Gasteiger partial charge on any atom is 0.344 e. The van der Waals surface area contributed by atoms with Gasteiger partial charge in [-0.15, -0.1) is 0 Å². The van der Waals surface area contributed by atoms with Crippen LogP contribution < -0.4 is 15.1 Å². The topological polar surface area (TPSA) is 122 Å². The van der Waals surface area contributed by atoms with Gasteiger partial charge >= 0.3 is 5.63 Å². The van der Waals surface area contributed by atoms with Crippen molar-refractivity contribution >= 4 is 32.5 Å². The number of benzene rings is 3. The van der Waals surface area contributed by atoms with Crippen molar-refractivity contribution in [2.45, 2.75) is 44.3 Å². The first-order valence-electron chi connectivity index (χ1n) is 12.0. The van der Waals surface area contributed by atoms with Crippen LogP contribution in [0, 0.1) is 6.92 Å². The number of aromatic hydroxyl groups is 1. The molecule has 0 radical (unpaired) electrons. The molecular weight excluding hydrogens is 478 g/mol. The van der Waals surface area contributed by atoms with E-state index in [4.69, 9.17) is 18.6 Å². The Morgan fingerprint density at radius 2 is 1.59 bits per heavy atom. The summed E-state index contributed by atoms with van der Waals surface area (Å²) in [6.07, 6.45) is -3.55. The largest absolute Gasteiger partial charge is 0.507 e. The number of phenols is 1. The van der Waals surface area contributed by atoms with Gasteiger partial charge in [-0.25, -0.2) is 4.79 Å². The Morgan fingerprint density at radius 1 is 0.919 bits per heavy atom. The molecule has 3 aromatic carbocycles. The van der Waals surface area contributed by atoms with Crippen molar-refractivity contribution in [3.05, 3.63) is 51.9 Å². The lowest BCUT2D eigenvalue weighted by atomic mass is 9.86. The first-order chi connectivity index (χ1) is 17.6. The van der Waals surface area contributed by atoms with E-state index < -0.39 is 36.1 Å². The lowest BCUT2D eigenvalue weighted by Crippen LogP contribution is -2.58. The SMILES string of the molecule is COc1cc2c(oc(=O)c3cc(C)cc(OC)c32)c2c([C@@H]3O[C@@H](C)[C@H](O)[C@H](N(C)C)[C@H]3O)ccc(O)c12. The van der Waals surface area contributed by atoms with Crippen molar-refractivity contribution in [1.82, 2.24) is 4.90 Å². The Morgan fingerprint density at radius 3 is 2.24 bits per heavy atom. The molecule has 1 aromatic heterocycles. The normalized spacial score (nSPS) is 24.3. The molecule has 4 aromatic rings. The molecule has 0 bridgehead atoms. The zero-order chi connectivity index (χ0) is 26.8. The number of likely N-dealkylation sites (N-methyl/N-ethyl adjacent to an activating group) is 1. The van der Waals surface area contributed by atoms with E-state index in [1.807, 2.05) is 13.0 Å². The number of rotatable bonds is 4. The van der Waals surface area contributed by atoms with Gasteiger partial charge < -0.3 is 38.8 Å². The summed E-state index contributed by atoms with van der Waals surface area (Å²) in [4.78, 5) is 15.0. The Labute approximate surface area is 213 Å². The quantitative estimate of drug-likeness (QED) is 0.281. The van der Waals surface area contributed by atoms with Crippen LogP contribution >= 0.6 is 0 Å². The summed E-state index contributed by atoms with van der Waals surface area (Å²) < 4.78 is 23.4. The van der Waals surface area contributed by atoms with E-state index in [0.717, 1.165) is 5.56 Å². The summed E-state index contributed by atoms with van der Waals surface area (Å²) in [5.41, 5.74) is 0.967. The summed E-state index contributed by atoms with van der Waals surface area (Å²) in [5.74, 6) is 0.759. The molecule has 9 nitrogen and oxygen atoms in total. The van der Waals surface area contributed by atoms with E-state index in [1.54, 1.807) is 44.1 Å². The Kier molecular flexibility index (Phi) is 6.27. The molecule has 1 aliphatic rings. The number of hydrogen-bond donors (Lipinski definition) is 3. The highest BCUT2D eigenvalue weighted by molar-refractivity contribution is 6.19. The van der Waals surface area contributed by atoms with Crippen LogP contribution in [0.5, 0.6) is 17.2 Å². The van der Waals surface area contributed by atoms with Crippen LogP contribution in [0.2, 0.25) is 0 Å². The van der Waals surface area contributed by atoms with Crippen molar-refractivity contribution in [2.24, 2.45) is 0 Å². The molecule has 1 saturated heterocycles. The molecular formula is C28H31NO8. The lowest BCUT2D eigenvalue weighted by molar-refractivity contribution is -0.197. The van der Waals surface area contributed by atoms with Gasteiger partial charge in [-0.05, 0) is 63.3 Å². The monoisotopic (exact) mass is 509 g/mol. The van der Waals surface area contributed by atoms with Crippen molar-refractivity contribution in [3.8, 4) is 17.2 Å². The smallest absolute Gasteiger partial charge is 0.344 e. The van der Waals surface area contributed by atoms with Gasteiger partial charge in [0.25, 0.3) is 0 Å². The van der Waals surface area contributed by atoms with Gasteiger partial charge in [0.05, 0.1) is 43.2 Å². The number of nitrogens with zero attached hydrogens (tertiary/aromatic N) is 1. The number of fused-ring (bicyclic) bond motifs is 5. The molecule has 1 aliphatic heterocycles. The minimum absolute atomic E-state index is 0.0846. The van der Waals surface area contributed by atoms with Crippen LogP contribution in [0.25, 0.3) is 32.5 Å². The summed E-state index contributed by atoms with van der Waals surface area (Å²) in [7, 11) is 6.57. The van der Waals surface area contributed by atoms with Crippen LogP contribution in [-0.2, 0) is 4.74 Å². The maximum atomic E-state index is 13.2. The van der Waals surface area contributed by atoms with Crippen molar-refractivity contribution in [3.63, 3.8) is 0 Å². The van der Waals surface area contributed by atoms with Gasteiger partial charge in [-0.2, -0.15) is 0 Å². The number of ether oxygens (including phenoxy) is 3. The Bertz CT molecular complexity index is 1580. The van der Waals surface area contributed by atoms with Gasteiger partial charge in [-0.3, -0.25) is 0 Å². The van der Waals surface area contributed by atoms with Crippen LogP contribution in [0.3, 0.4) is 0 Å². The highest BCUT2D eigenvalue weighted by atomic mass is 16.5. The second-order valence-corrected chi connectivity index (χ2v) is 9.86. The van der Waals surface area contributed by atoms with E-state index in [2.05, 4.69) is 0 Å². The molecule has 9 heteroatoms. The molecule has 0 saturated carbocycles. The van der Waals surface area contributed by atoms with Gasteiger partial charge in [0, 0.05) is 16.2 Å². The summed E-state index contributed by atoms with van der Waals surface area (Å²) in [6.45, 7) is 3.60. The highest BCUT2D eigenvalue weighted by Gasteiger charge is 2.45.